The van der Waals surface area contributed by atoms with Gasteiger partial charge in [0.05, 0.1) is 33.8 Å². The van der Waals surface area contributed by atoms with Crippen molar-refractivity contribution in [3.05, 3.63) is 48.6 Å². The third-order valence-electron chi connectivity index (χ3n) is 15.0. The zero-order valence-electron chi connectivity index (χ0n) is 52.4. The first-order valence-electron chi connectivity index (χ1n) is 33.4. The molecule has 10 heteroatoms. The van der Waals surface area contributed by atoms with Crippen LogP contribution in [-0.4, -0.2) is 69.4 Å². The van der Waals surface area contributed by atoms with E-state index in [4.69, 9.17) is 13.8 Å². The number of nitrogens with zero attached hydrogens (tertiary/aromatic N) is 1. The van der Waals surface area contributed by atoms with E-state index in [2.05, 4.69) is 62.5 Å². The van der Waals surface area contributed by atoms with Crippen LogP contribution in [0.3, 0.4) is 0 Å². The maximum Gasteiger partial charge on any atom is 0.306 e. The van der Waals surface area contributed by atoms with E-state index in [9.17, 15) is 19.0 Å². The van der Waals surface area contributed by atoms with Gasteiger partial charge >= 0.3 is 5.97 Å². The largest absolute Gasteiger partial charge is 0.756 e. The van der Waals surface area contributed by atoms with Crippen molar-refractivity contribution < 1.29 is 37.3 Å². The summed E-state index contributed by atoms with van der Waals surface area (Å²) in [5, 5.41) is 3.03. The van der Waals surface area contributed by atoms with Gasteiger partial charge in [0.15, 0.2) is 0 Å². The predicted molar refractivity (Wildman–Crippen MR) is 335 cm³/mol. The standard InChI is InChI=1S/C68H129N2O7P/c1-7-10-13-16-19-22-25-28-30-31-32-33-34-35-36-37-38-39-40-43-46-49-52-55-58-61-68(72)77-66(59-56-53-50-47-44-41-27-24-21-18-15-12-9-3)65(64-76-78(73,74)75-63-62-70(4,5)6)69-67(71)60-57-54-51-48-45-42-29-26-23-20-17-14-11-8-2/h11,14,20,23,28,30,56,59,65-66H,7-10,12-13,15-19,21-22,24-27,29,31-55,57-58,60-64H2,1-6H3,(H-,69,71,73,74)/b14-11+,23-20+,30-28+,59-56-. The zero-order valence-corrected chi connectivity index (χ0v) is 53.3. The fourth-order valence-corrected chi connectivity index (χ4v) is 10.6. The average molecular weight is 1120 g/mol. The summed E-state index contributed by atoms with van der Waals surface area (Å²) >= 11 is 0. The number of quaternary nitrogens is 1. The maximum atomic E-state index is 13.5. The van der Waals surface area contributed by atoms with Crippen LogP contribution in [0.25, 0.3) is 0 Å². The van der Waals surface area contributed by atoms with Crippen molar-refractivity contribution in [2.45, 2.75) is 335 Å². The van der Waals surface area contributed by atoms with Crippen LogP contribution in [0.2, 0.25) is 0 Å². The van der Waals surface area contributed by atoms with Crippen LogP contribution in [0.15, 0.2) is 48.6 Å². The summed E-state index contributed by atoms with van der Waals surface area (Å²) < 4.78 is 30.4. The van der Waals surface area contributed by atoms with E-state index in [1.165, 1.54) is 205 Å². The third kappa shape index (κ3) is 58.6. The zero-order chi connectivity index (χ0) is 57.2. The van der Waals surface area contributed by atoms with Gasteiger partial charge in [0.1, 0.15) is 19.3 Å². The number of esters is 1. The monoisotopic (exact) mass is 1120 g/mol. The van der Waals surface area contributed by atoms with Gasteiger partial charge in [0.25, 0.3) is 7.82 Å². The summed E-state index contributed by atoms with van der Waals surface area (Å²) in [6.07, 6.45) is 72.3. The Morgan fingerprint density at radius 3 is 1.23 bits per heavy atom. The quantitative estimate of drug-likeness (QED) is 0.0212. The lowest BCUT2D eigenvalue weighted by Gasteiger charge is -2.30. The summed E-state index contributed by atoms with van der Waals surface area (Å²) in [6.45, 7) is 6.76. The van der Waals surface area contributed by atoms with Crippen molar-refractivity contribution in [1.29, 1.82) is 0 Å². The van der Waals surface area contributed by atoms with Gasteiger partial charge in [-0.15, -0.1) is 0 Å². The number of allylic oxidation sites excluding steroid dienone is 7. The molecule has 1 amide bonds. The number of nitrogens with one attached hydrogen (secondary N) is 1. The molecule has 0 aliphatic rings. The van der Waals surface area contributed by atoms with Gasteiger partial charge < -0.3 is 28.5 Å². The lowest BCUT2D eigenvalue weighted by molar-refractivity contribution is -0.870. The van der Waals surface area contributed by atoms with Crippen LogP contribution < -0.4 is 10.2 Å². The molecule has 0 aromatic rings. The molecule has 78 heavy (non-hydrogen) atoms. The molecule has 0 fully saturated rings. The highest BCUT2D eigenvalue weighted by atomic mass is 31.2. The third-order valence-corrected chi connectivity index (χ3v) is 16.0. The molecule has 0 saturated carbocycles. The number of amides is 1. The predicted octanol–water partition coefficient (Wildman–Crippen LogP) is 20.2. The van der Waals surface area contributed by atoms with E-state index in [0.29, 0.717) is 17.4 Å². The Bertz CT molecular complexity index is 1470. The van der Waals surface area contributed by atoms with Crippen LogP contribution in [-0.2, 0) is 27.9 Å². The summed E-state index contributed by atoms with van der Waals surface area (Å²) in [7, 11) is 1.19. The molecule has 9 nitrogen and oxygen atoms in total. The van der Waals surface area contributed by atoms with Crippen LogP contribution in [0.5, 0.6) is 0 Å². The fourth-order valence-electron chi connectivity index (χ4n) is 9.85. The minimum atomic E-state index is -4.70. The molecule has 1 N–H and O–H groups in total. The van der Waals surface area contributed by atoms with Gasteiger partial charge in [0, 0.05) is 12.8 Å². The molecule has 0 aromatic heterocycles. The number of hydrogen-bond donors (Lipinski definition) is 1. The smallest absolute Gasteiger partial charge is 0.306 e. The second kappa shape index (κ2) is 58.2. The Hall–Kier alpha value is -2.03. The van der Waals surface area contributed by atoms with Crippen LogP contribution in [0.1, 0.15) is 323 Å². The first-order chi connectivity index (χ1) is 37.9. The van der Waals surface area contributed by atoms with Gasteiger partial charge in [-0.25, -0.2) is 0 Å². The first kappa shape index (κ1) is 76.0. The molecule has 0 spiro atoms. The van der Waals surface area contributed by atoms with E-state index < -0.39 is 20.0 Å². The number of phosphoric ester groups is 1. The summed E-state index contributed by atoms with van der Waals surface area (Å²) in [4.78, 5) is 40.0. The number of likely N-dealkylation sites (N-methyl/N-ethyl adjacent to an activating group) is 1. The summed E-state index contributed by atoms with van der Waals surface area (Å²) in [5.41, 5.74) is 0. The number of phosphoric acid groups is 1. The van der Waals surface area contributed by atoms with Crippen molar-refractivity contribution in [2.75, 3.05) is 40.9 Å². The number of hydrogen-bond acceptors (Lipinski definition) is 7. The Balaban J connectivity index is 5.08. The number of carbonyl (C=O) groups is 2. The Labute approximate surface area is 484 Å². The average Bonchev–Trinajstić information content (AvgIpc) is 3.40. The van der Waals surface area contributed by atoms with Gasteiger partial charge in [-0.05, 0) is 83.1 Å². The number of rotatable bonds is 61. The molecule has 0 heterocycles. The summed E-state index contributed by atoms with van der Waals surface area (Å²) in [6, 6.07) is -0.891. The van der Waals surface area contributed by atoms with E-state index >= 15 is 0 Å². The molecule has 3 atom stereocenters. The molecule has 0 aromatic carbocycles. The van der Waals surface area contributed by atoms with Crippen LogP contribution in [0.4, 0.5) is 0 Å². The van der Waals surface area contributed by atoms with Gasteiger partial charge in [0.2, 0.25) is 5.91 Å². The maximum absolute atomic E-state index is 13.5. The molecule has 0 bridgehead atoms. The molecule has 3 unspecified atom stereocenters. The summed E-state index contributed by atoms with van der Waals surface area (Å²) in [5.74, 6) is -0.538. The molecule has 0 aliphatic heterocycles. The van der Waals surface area contributed by atoms with Crippen molar-refractivity contribution in [2.24, 2.45) is 0 Å². The normalized spacial score (nSPS) is 13.9. The van der Waals surface area contributed by atoms with Gasteiger partial charge in [-0.1, -0.05) is 275 Å². The van der Waals surface area contributed by atoms with E-state index in [0.717, 1.165) is 83.5 Å². The van der Waals surface area contributed by atoms with Crippen molar-refractivity contribution in [1.82, 2.24) is 5.32 Å². The molecular formula is C68H129N2O7P. The molecule has 0 aliphatic carbocycles. The van der Waals surface area contributed by atoms with Crippen molar-refractivity contribution >= 4 is 19.7 Å². The topological polar surface area (TPSA) is 114 Å². The molecule has 0 saturated heterocycles. The van der Waals surface area contributed by atoms with E-state index in [-0.39, 0.29) is 31.5 Å². The number of ether oxygens (including phenoxy) is 1. The molecule has 458 valence electrons. The Kier molecular flexibility index (Phi) is 56.7. The highest BCUT2D eigenvalue weighted by Crippen LogP contribution is 2.38. The van der Waals surface area contributed by atoms with Crippen molar-refractivity contribution in [3.8, 4) is 0 Å². The first-order valence-corrected chi connectivity index (χ1v) is 34.9. The van der Waals surface area contributed by atoms with Crippen molar-refractivity contribution in [3.63, 3.8) is 0 Å². The Morgan fingerprint density at radius 2 is 0.821 bits per heavy atom. The number of carbonyl (C=O) groups excluding carboxylic acids is 2. The van der Waals surface area contributed by atoms with Gasteiger partial charge in [-0.2, -0.15) is 0 Å². The van der Waals surface area contributed by atoms with E-state index in [1.54, 1.807) is 0 Å². The minimum absolute atomic E-state index is 0.0230. The molecular weight excluding hydrogens is 988 g/mol. The van der Waals surface area contributed by atoms with E-state index in [1.807, 2.05) is 33.3 Å². The number of unbranched alkanes of at least 4 members (excludes halogenated alkanes) is 39. The fraction of sp³-hybridized carbons (Fsp3) is 0.853. The molecule has 0 radical (unpaired) electrons. The second-order valence-electron chi connectivity index (χ2n) is 23.9. The SMILES string of the molecule is CC/C=C/C/C=C/CCCCCCCCCC(=O)NC(COP(=O)([O-])OCC[N+](C)(C)C)C(/C=C\CCCCCCCCCCCCC)OC(=O)CCCCCCCCCCCCCCCCC/C=C/CCCCCCCC. The highest BCUT2D eigenvalue weighted by molar-refractivity contribution is 7.45. The lowest BCUT2D eigenvalue weighted by Crippen LogP contribution is -2.47. The second-order valence-corrected chi connectivity index (χ2v) is 25.4. The van der Waals surface area contributed by atoms with Gasteiger partial charge in [-0.3, -0.25) is 14.2 Å². The minimum Gasteiger partial charge on any atom is -0.756 e. The highest BCUT2D eigenvalue weighted by Gasteiger charge is 2.27. The van der Waals surface area contributed by atoms with Crippen LogP contribution in [0, 0.1) is 0 Å². The molecule has 0 rings (SSSR count). The Morgan fingerprint density at radius 1 is 0.462 bits per heavy atom. The van der Waals surface area contributed by atoms with Crippen LogP contribution >= 0.6 is 7.82 Å². The lowest BCUT2D eigenvalue weighted by atomic mass is 10.0.